The molecule has 0 atom stereocenters. The van der Waals surface area contributed by atoms with Crippen LogP contribution in [-0.4, -0.2) is 19.1 Å². The van der Waals surface area contributed by atoms with Crippen molar-refractivity contribution < 1.29 is 0 Å². The molecule has 2 rings (SSSR count). The molecular weight excluding hydrogens is 220 g/mol. The predicted molar refractivity (Wildman–Crippen MR) is 79.1 cm³/mol. The van der Waals surface area contributed by atoms with Gasteiger partial charge in [0.1, 0.15) is 0 Å². The number of rotatable bonds is 6. The minimum atomic E-state index is 0.762. The zero-order valence-electron chi connectivity index (χ0n) is 11.8. The molecule has 18 heavy (non-hydrogen) atoms. The first-order valence-electron chi connectivity index (χ1n) is 7.42. The highest BCUT2D eigenvalue weighted by molar-refractivity contribution is 5.54. The summed E-state index contributed by atoms with van der Waals surface area (Å²) in [5.41, 5.74) is 2.88. The Balaban J connectivity index is 2.17. The largest absolute Gasteiger partial charge is 0.369 e. The molecule has 1 aliphatic rings. The van der Waals surface area contributed by atoms with Crippen molar-refractivity contribution in [2.45, 2.75) is 52.1 Å². The topological polar surface area (TPSA) is 15.3 Å². The number of nitrogens with zero attached hydrogens (tertiary/aromatic N) is 1. The second-order valence-corrected chi connectivity index (χ2v) is 5.13. The van der Waals surface area contributed by atoms with E-state index in [4.69, 9.17) is 0 Å². The fourth-order valence-corrected chi connectivity index (χ4v) is 3.04. The van der Waals surface area contributed by atoms with Crippen LogP contribution in [0.4, 0.5) is 5.69 Å². The molecule has 0 spiro atoms. The van der Waals surface area contributed by atoms with Crippen LogP contribution in [-0.2, 0) is 6.54 Å². The number of anilines is 1. The van der Waals surface area contributed by atoms with Crippen molar-refractivity contribution in [3.63, 3.8) is 0 Å². The van der Waals surface area contributed by atoms with Gasteiger partial charge in [0.05, 0.1) is 0 Å². The van der Waals surface area contributed by atoms with E-state index in [9.17, 15) is 0 Å². The first-order chi connectivity index (χ1) is 8.86. The van der Waals surface area contributed by atoms with E-state index in [0.29, 0.717) is 0 Å². The third kappa shape index (κ3) is 3.05. The van der Waals surface area contributed by atoms with Crippen LogP contribution in [0, 0.1) is 0 Å². The lowest BCUT2D eigenvalue weighted by atomic mass is 10.1. The normalized spacial score (nSPS) is 16.1. The van der Waals surface area contributed by atoms with Gasteiger partial charge in [-0.2, -0.15) is 0 Å². The highest BCUT2D eigenvalue weighted by Gasteiger charge is 2.22. The van der Waals surface area contributed by atoms with E-state index in [0.717, 1.165) is 25.7 Å². The molecule has 0 bridgehead atoms. The summed E-state index contributed by atoms with van der Waals surface area (Å²) in [5, 5.41) is 3.45. The van der Waals surface area contributed by atoms with Gasteiger partial charge in [-0.1, -0.05) is 38.0 Å². The van der Waals surface area contributed by atoms with Gasteiger partial charge in [-0.3, -0.25) is 0 Å². The monoisotopic (exact) mass is 246 g/mol. The van der Waals surface area contributed by atoms with E-state index in [1.807, 2.05) is 0 Å². The Morgan fingerprint density at radius 3 is 2.56 bits per heavy atom. The van der Waals surface area contributed by atoms with Gasteiger partial charge in [0.25, 0.3) is 0 Å². The molecule has 0 radical (unpaired) electrons. The number of para-hydroxylation sites is 1. The summed E-state index contributed by atoms with van der Waals surface area (Å²) in [4.78, 5) is 2.61. The molecule has 1 fully saturated rings. The van der Waals surface area contributed by atoms with Crippen LogP contribution in [0.3, 0.4) is 0 Å². The molecule has 100 valence electrons. The summed E-state index contributed by atoms with van der Waals surface area (Å²) in [5.74, 6) is 0. The molecule has 0 heterocycles. The second-order valence-electron chi connectivity index (χ2n) is 5.13. The van der Waals surface area contributed by atoms with Crippen molar-refractivity contribution in [3.8, 4) is 0 Å². The quantitative estimate of drug-likeness (QED) is 0.825. The third-order valence-electron chi connectivity index (χ3n) is 3.97. The first-order valence-corrected chi connectivity index (χ1v) is 7.42. The fourth-order valence-electron chi connectivity index (χ4n) is 3.04. The maximum Gasteiger partial charge on any atom is 0.0414 e. The number of hydrogen-bond donors (Lipinski definition) is 1. The number of hydrogen-bond acceptors (Lipinski definition) is 2. The van der Waals surface area contributed by atoms with Crippen molar-refractivity contribution in [1.82, 2.24) is 5.32 Å². The minimum absolute atomic E-state index is 0.762. The van der Waals surface area contributed by atoms with Crippen LogP contribution < -0.4 is 10.2 Å². The lowest BCUT2D eigenvalue weighted by molar-refractivity contribution is 0.614. The number of nitrogens with one attached hydrogen (secondary N) is 1. The summed E-state index contributed by atoms with van der Waals surface area (Å²) in [6.45, 7) is 7.58. The van der Waals surface area contributed by atoms with Gasteiger partial charge in [-0.05, 0) is 37.9 Å². The van der Waals surface area contributed by atoms with Crippen molar-refractivity contribution in [2.75, 3.05) is 18.0 Å². The first kappa shape index (κ1) is 13.4. The van der Waals surface area contributed by atoms with E-state index in [2.05, 4.69) is 48.3 Å². The molecule has 1 aliphatic carbocycles. The molecule has 0 saturated heterocycles. The number of benzene rings is 1. The van der Waals surface area contributed by atoms with Crippen LogP contribution in [0.2, 0.25) is 0 Å². The van der Waals surface area contributed by atoms with E-state index in [1.54, 1.807) is 0 Å². The molecule has 0 unspecified atom stereocenters. The third-order valence-corrected chi connectivity index (χ3v) is 3.97. The Kier molecular flexibility index (Phi) is 5.06. The molecule has 0 aliphatic heterocycles. The van der Waals surface area contributed by atoms with Gasteiger partial charge in [0.15, 0.2) is 0 Å². The van der Waals surface area contributed by atoms with Crippen molar-refractivity contribution >= 4 is 5.69 Å². The molecule has 1 aromatic rings. The maximum absolute atomic E-state index is 3.45. The van der Waals surface area contributed by atoms with Crippen molar-refractivity contribution in [2.24, 2.45) is 0 Å². The van der Waals surface area contributed by atoms with Gasteiger partial charge in [0.2, 0.25) is 0 Å². The van der Waals surface area contributed by atoms with Gasteiger partial charge in [-0.15, -0.1) is 0 Å². The Hall–Kier alpha value is -1.02. The van der Waals surface area contributed by atoms with Crippen molar-refractivity contribution in [3.05, 3.63) is 29.8 Å². The minimum Gasteiger partial charge on any atom is -0.369 e. The van der Waals surface area contributed by atoms with Gasteiger partial charge in [0, 0.05) is 24.8 Å². The Labute approximate surface area is 111 Å². The van der Waals surface area contributed by atoms with Crippen LogP contribution in [0.15, 0.2) is 24.3 Å². The summed E-state index contributed by atoms with van der Waals surface area (Å²) >= 11 is 0. The summed E-state index contributed by atoms with van der Waals surface area (Å²) < 4.78 is 0. The molecule has 1 saturated carbocycles. The summed E-state index contributed by atoms with van der Waals surface area (Å²) in [6.07, 6.45) is 5.53. The molecule has 2 nitrogen and oxygen atoms in total. The molecule has 0 amide bonds. The highest BCUT2D eigenvalue weighted by Crippen LogP contribution is 2.30. The van der Waals surface area contributed by atoms with Crippen molar-refractivity contribution in [1.29, 1.82) is 0 Å². The van der Waals surface area contributed by atoms with E-state index >= 15 is 0 Å². The maximum atomic E-state index is 3.45. The molecule has 2 heteroatoms. The molecule has 0 aromatic heterocycles. The zero-order valence-corrected chi connectivity index (χ0v) is 11.8. The molecule has 1 N–H and O–H groups in total. The molecule has 1 aromatic carbocycles. The van der Waals surface area contributed by atoms with Gasteiger partial charge in [-0.25, -0.2) is 0 Å². The van der Waals surface area contributed by atoms with Crippen LogP contribution in [0.25, 0.3) is 0 Å². The standard InChI is InChI=1S/C16H26N2/c1-3-17-13-14-9-5-8-12-16(14)18(4-2)15-10-6-7-11-15/h5,8-9,12,15,17H,3-4,6-7,10-11,13H2,1-2H3. The van der Waals surface area contributed by atoms with Crippen LogP contribution in [0.1, 0.15) is 45.1 Å². The lowest BCUT2D eigenvalue weighted by Gasteiger charge is -2.32. The highest BCUT2D eigenvalue weighted by atomic mass is 15.2. The summed E-state index contributed by atoms with van der Waals surface area (Å²) in [7, 11) is 0. The summed E-state index contributed by atoms with van der Waals surface area (Å²) in [6, 6.07) is 9.63. The van der Waals surface area contributed by atoms with E-state index in [-0.39, 0.29) is 0 Å². The SMILES string of the molecule is CCNCc1ccccc1N(CC)C1CCCC1. The van der Waals surface area contributed by atoms with E-state index < -0.39 is 0 Å². The predicted octanol–water partition coefficient (Wildman–Crippen LogP) is 3.57. The Morgan fingerprint density at radius 2 is 1.89 bits per heavy atom. The van der Waals surface area contributed by atoms with Gasteiger partial charge >= 0.3 is 0 Å². The average Bonchev–Trinajstić information content (AvgIpc) is 2.92. The molecular formula is C16H26N2. The van der Waals surface area contributed by atoms with Gasteiger partial charge < -0.3 is 10.2 Å². The lowest BCUT2D eigenvalue weighted by Crippen LogP contribution is -2.34. The smallest absolute Gasteiger partial charge is 0.0414 e. The fraction of sp³-hybridized carbons (Fsp3) is 0.625. The average molecular weight is 246 g/mol. The second kappa shape index (κ2) is 6.79. The Bertz CT molecular complexity index is 356. The van der Waals surface area contributed by atoms with Crippen LogP contribution in [0.5, 0.6) is 0 Å². The van der Waals surface area contributed by atoms with E-state index in [1.165, 1.54) is 36.9 Å². The Morgan fingerprint density at radius 1 is 1.17 bits per heavy atom. The zero-order chi connectivity index (χ0) is 12.8. The van der Waals surface area contributed by atoms with Crippen LogP contribution >= 0.6 is 0 Å².